The second kappa shape index (κ2) is 6.19. The molecule has 0 aromatic heterocycles. The molecule has 22 heavy (non-hydrogen) atoms. The third-order valence-electron chi connectivity index (χ3n) is 2.81. The summed E-state index contributed by atoms with van der Waals surface area (Å²) in [6.45, 7) is 5.45. The zero-order valence-corrected chi connectivity index (χ0v) is 12.5. The topological polar surface area (TPSA) is 67.8 Å². The fourth-order valence-corrected chi connectivity index (χ4v) is 1.68. The SMILES string of the molecule is COc1c(N=C=O)cc(C(C)(C)C)cc1NC(=O)C(F)(F)F. The molecule has 0 aliphatic rings. The van der Waals surface area contributed by atoms with Crippen LogP contribution in [0.5, 0.6) is 5.75 Å². The summed E-state index contributed by atoms with van der Waals surface area (Å²) in [4.78, 5) is 25.0. The largest absolute Gasteiger partial charge is 0.492 e. The molecule has 0 unspecified atom stereocenters. The molecular formula is C14H15F3N2O3. The Morgan fingerprint density at radius 2 is 1.86 bits per heavy atom. The van der Waals surface area contributed by atoms with Gasteiger partial charge >= 0.3 is 12.1 Å². The van der Waals surface area contributed by atoms with Gasteiger partial charge in [0.15, 0.2) is 5.75 Å². The molecule has 1 amide bonds. The number of amides is 1. The predicted octanol–water partition coefficient (Wildman–Crippen LogP) is 3.46. The van der Waals surface area contributed by atoms with Crippen LogP contribution < -0.4 is 10.1 Å². The number of anilines is 1. The summed E-state index contributed by atoms with van der Waals surface area (Å²) in [5.74, 6) is -2.29. The van der Waals surface area contributed by atoms with Crippen molar-refractivity contribution in [2.45, 2.75) is 32.4 Å². The number of hydrogen-bond acceptors (Lipinski definition) is 4. The third-order valence-corrected chi connectivity index (χ3v) is 2.81. The molecule has 0 heterocycles. The summed E-state index contributed by atoms with van der Waals surface area (Å²) in [6.07, 6.45) is -3.74. The fraction of sp³-hybridized carbons (Fsp3) is 0.429. The molecule has 1 aromatic rings. The lowest BCUT2D eigenvalue weighted by Crippen LogP contribution is -2.30. The molecule has 5 nitrogen and oxygen atoms in total. The van der Waals surface area contributed by atoms with Crippen LogP contribution in [-0.4, -0.2) is 25.3 Å². The van der Waals surface area contributed by atoms with Crippen molar-refractivity contribution in [2.75, 3.05) is 12.4 Å². The molecule has 1 aromatic carbocycles. The van der Waals surface area contributed by atoms with Crippen LogP contribution in [0.1, 0.15) is 26.3 Å². The second-order valence-electron chi connectivity index (χ2n) is 5.48. The van der Waals surface area contributed by atoms with Gasteiger partial charge in [0, 0.05) is 0 Å². The normalized spacial score (nSPS) is 11.6. The molecule has 1 N–H and O–H groups in total. The number of carbonyl (C=O) groups is 1. The van der Waals surface area contributed by atoms with Gasteiger partial charge in [0.2, 0.25) is 6.08 Å². The van der Waals surface area contributed by atoms with E-state index in [0.717, 1.165) is 0 Å². The number of alkyl halides is 3. The summed E-state index contributed by atoms with van der Waals surface area (Å²) in [6, 6.07) is 2.85. The minimum absolute atomic E-state index is 0.0117. The van der Waals surface area contributed by atoms with E-state index >= 15 is 0 Å². The summed E-state index contributed by atoms with van der Waals surface area (Å²) in [5.41, 5.74) is -0.106. The summed E-state index contributed by atoms with van der Waals surface area (Å²) in [5, 5.41) is 1.73. The molecule has 0 aliphatic carbocycles. The maximum Gasteiger partial charge on any atom is 0.471 e. The molecule has 1 rings (SSSR count). The number of nitrogens with one attached hydrogen (secondary N) is 1. The van der Waals surface area contributed by atoms with Crippen molar-refractivity contribution in [2.24, 2.45) is 4.99 Å². The van der Waals surface area contributed by atoms with Crippen molar-refractivity contribution >= 4 is 23.4 Å². The molecule has 0 saturated carbocycles. The van der Waals surface area contributed by atoms with Gasteiger partial charge in [-0.1, -0.05) is 20.8 Å². The summed E-state index contributed by atoms with van der Waals surface area (Å²) >= 11 is 0. The van der Waals surface area contributed by atoms with E-state index in [9.17, 15) is 22.8 Å². The van der Waals surface area contributed by atoms with Gasteiger partial charge in [-0.3, -0.25) is 4.79 Å². The van der Waals surface area contributed by atoms with Crippen LogP contribution >= 0.6 is 0 Å². The van der Waals surface area contributed by atoms with E-state index in [4.69, 9.17) is 4.74 Å². The van der Waals surface area contributed by atoms with Crippen LogP contribution in [0.15, 0.2) is 17.1 Å². The van der Waals surface area contributed by atoms with Gasteiger partial charge in [-0.15, -0.1) is 0 Å². The molecule has 0 fully saturated rings. The number of hydrogen-bond donors (Lipinski definition) is 1. The van der Waals surface area contributed by atoms with Gasteiger partial charge in [-0.2, -0.15) is 18.2 Å². The first-order chi connectivity index (χ1) is 10.0. The first-order valence-corrected chi connectivity index (χ1v) is 6.19. The Hall–Kier alpha value is -2.34. The Morgan fingerprint density at radius 3 is 2.27 bits per heavy atom. The minimum Gasteiger partial charge on any atom is -0.492 e. The van der Waals surface area contributed by atoms with Gasteiger partial charge in [0.1, 0.15) is 5.69 Å². The lowest BCUT2D eigenvalue weighted by atomic mass is 9.86. The first-order valence-electron chi connectivity index (χ1n) is 6.19. The van der Waals surface area contributed by atoms with Gasteiger partial charge < -0.3 is 10.1 Å². The van der Waals surface area contributed by atoms with Crippen LogP contribution in [0, 0.1) is 0 Å². The van der Waals surface area contributed by atoms with Crippen LogP contribution in [0.3, 0.4) is 0 Å². The minimum atomic E-state index is -5.04. The zero-order chi connectivity index (χ0) is 17.1. The van der Waals surface area contributed by atoms with Crippen molar-refractivity contribution in [3.63, 3.8) is 0 Å². The molecule has 120 valence electrons. The van der Waals surface area contributed by atoms with E-state index in [2.05, 4.69) is 4.99 Å². The zero-order valence-electron chi connectivity index (χ0n) is 12.5. The summed E-state index contributed by atoms with van der Waals surface area (Å²) < 4.78 is 42.2. The standard InChI is InChI=1S/C14H15F3N2O3/c1-13(2,3)8-5-9(18-7-20)11(22-4)10(6-8)19-12(21)14(15,16)17/h5-6H,1-4H3,(H,19,21). The van der Waals surface area contributed by atoms with Crippen molar-refractivity contribution in [3.05, 3.63) is 17.7 Å². The lowest BCUT2D eigenvalue weighted by molar-refractivity contribution is -0.167. The van der Waals surface area contributed by atoms with E-state index in [1.54, 1.807) is 5.32 Å². The first kappa shape index (κ1) is 17.7. The van der Waals surface area contributed by atoms with Crippen LogP contribution in [0.2, 0.25) is 0 Å². The molecule has 8 heteroatoms. The predicted molar refractivity (Wildman–Crippen MR) is 74.2 cm³/mol. The van der Waals surface area contributed by atoms with Crippen LogP contribution in [0.25, 0.3) is 0 Å². The number of benzene rings is 1. The van der Waals surface area contributed by atoms with Crippen molar-refractivity contribution in [1.82, 2.24) is 0 Å². The van der Waals surface area contributed by atoms with Crippen molar-refractivity contribution in [1.29, 1.82) is 0 Å². The highest BCUT2D eigenvalue weighted by molar-refractivity contribution is 5.97. The summed E-state index contributed by atoms with van der Waals surface area (Å²) in [7, 11) is 1.19. The maximum absolute atomic E-state index is 12.4. The average Bonchev–Trinajstić information content (AvgIpc) is 2.36. The number of halogens is 3. The number of rotatable bonds is 3. The smallest absolute Gasteiger partial charge is 0.471 e. The third kappa shape index (κ3) is 4.08. The highest BCUT2D eigenvalue weighted by atomic mass is 19.4. The van der Waals surface area contributed by atoms with E-state index in [0.29, 0.717) is 5.56 Å². The molecule has 0 spiro atoms. The van der Waals surface area contributed by atoms with Crippen molar-refractivity contribution in [3.8, 4) is 5.75 Å². The van der Waals surface area contributed by atoms with E-state index in [-0.39, 0.29) is 17.1 Å². The lowest BCUT2D eigenvalue weighted by Gasteiger charge is -2.22. The average molecular weight is 316 g/mol. The Balaban J connectivity index is 3.49. The monoisotopic (exact) mass is 316 g/mol. The molecule has 0 atom stereocenters. The molecule has 0 saturated heterocycles. The Labute approximate surface area is 125 Å². The Bertz CT molecular complexity index is 627. The Kier molecular flexibility index (Phi) is 4.98. The maximum atomic E-state index is 12.4. The van der Waals surface area contributed by atoms with Gasteiger partial charge in [-0.25, -0.2) is 4.79 Å². The molecule has 0 bridgehead atoms. The van der Waals surface area contributed by atoms with E-state index < -0.39 is 17.5 Å². The van der Waals surface area contributed by atoms with Gasteiger partial charge in [0.25, 0.3) is 0 Å². The van der Waals surface area contributed by atoms with E-state index in [1.807, 2.05) is 20.8 Å². The Morgan fingerprint density at radius 1 is 1.27 bits per heavy atom. The number of methoxy groups -OCH3 is 1. The molecule has 0 radical (unpaired) electrons. The van der Waals surface area contributed by atoms with Gasteiger partial charge in [-0.05, 0) is 23.1 Å². The highest BCUT2D eigenvalue weighted by Crippen LogP contribution is 2.40. The number of carbonyl (C=O) groups excluding carboxylic acids is 2. The van der Waals surface area contributed by atoms with Crippen LogP contribution in [-0.2, 0) is 15.0 Å². The van der Waals surface area contributed by atoms with Crippen molar-refractivity contribution < 1.29 is 27.5 Å². The highest BCUT2D eigenvalue weighted by Gasteiger charge is 2.39. The fourth-order valence-electron chi connectivity index (χ4n) is 1.68. The quantitative estimate of drug-likeness (QED) is 0.686. The number of ether oxygens (including phenoxy) is 1. The second-order valence-corrected chi connectivity index (χ2v) is 5.48. The number of aliphatic imine (C=N–C) groups is 1. The molecular weight excluding hydrogens is 301 g/mol. The molecule has 0 aliphatic heterocycles. The van der Waals surface area contributed by atoms with Gasteiger partial charge in [0.05, 0.1) is 12.8 Å². The van der Waals surface area contributed by atoms with E-state index in [1.165, 1.54) is 25.3 Å². The number of isocyanates is 1. The number of nitrogens with zero attached hydrogens (tertiary/aromatic N) is 1. The van der Waals surface area contributed by atoms with Crippen LogP contribution in [0.4, 0.5) is 24.5 Å².